The van der Waals surface area contributed by atoms with Gasteiger partial charge >= 0.3 is 5.97 Å². The molecule has 0 fully saturated rings. The molecule has 0 heterocycles. The van der Waals surface area contributed by atoms with E-state index in [0.29, 0.717) is 13.0 Å². The van der Waals surface area contributed by atoms with Gasteiger partial charge in [0.05, 0.1) is 11.5 Å². The van der Waals surface area contributed by atoms with Gasteiger partial charge in [0.2, 0.25) is 10.0 Å². The zero-order valence-electron chi connectivity index (χ0n) is 10.6. The van der Waals surface area contributed by atoms with E-state index in [1.165, 1.54) is 0 Å². The van der Waals surface area contributed by atoms with Gasteiger partial charge < -0.3 is 4.74 Å². The molecule has 0 spiro atoms. The second-order valence-corrected chi connectivity index (χ2v) is 6.77. The monoisotopic (exact) mass is 397 g/mol. The maximum atomic E-state index is 11.9. The van der Waals surface area contributed by atoms with Crippen LogP contribution in [0.1, 0.15) is 19.8 Å². The Morgan fingerprint density at radius 1 is 1.32 bits per heavy atom. The van der Waals surface area contributed by atoms with Crippen molar-refractivity contribution >= 4 is 38.6 Å². The standard InChI is InChI=1S/C12H16INO4S/c1-2-18-12(15)4-3-9-14-19(16,17)11-7-5-10(13)6-8-11/h5-8,14H,2-4,9H2,1H3. The second kappa shape index (κ2) is 7.81. The maximum Gasteiger partial charge on any atom is 0.305 e. The lowest BCUT2D eigenvalue weighted by atomic mass is 10.3. The van der Waals surface area contributed by atoms with Crippen LogP contribution in [0.2, 0.25) is 0 Å². The number of benzene rings is 1. The van der Waals surface area contributed by atoms with Crippen molar-refractivity contribution in [3.63, 3.8) is 0 Å². The van der Waals surface area contributed by atoms with Crippen molar-refractivity contribution in [2.24, 2.45) is 0 Å². The van der Waals surface area contributed by atoms with Crippen LogP contribution < -0.4 is 4.72 Å². The molecule has 0 radical (unpaired) electrons. The number of esters is 1. The molecule has 106 valence electrons. The van der Waals surface area contributed by atoms with Crippen LogP contribution >= 0.6 is 22.6 Å². The third kappa shape index (κ3) is 5.87. The number of hydrogen-bond donors (Lipinski definition) is 1. The fourth-order valence-corrected chi connectivity index (χ4v) is 2.80. The van der Waals surface area contributed by atoms with Crippen LogP contribution in [0.15, 0.2) is 29.2 Å². The quantitative estimate of drug-likeness (QED) is 0.434. The zero-order chi connectivity index (χ0) is 14.3. The van der Waals surface area contributed by atoms with Crippen LogP contribution in [0.5, 0.6) is 0 Å². The van der Waals surface area contributed by atoms with E-state index in [1.807, 2.05) is 0 Å². The van der Waals surface area contributed by atoms with Gasteiger partial charge in [-0.3, -0.25) is 4.79 Å². The number of rotatable bonds is 7. The average Bonchev–Trinajstić information content (AvgIpc) is 2.36. The predicted octanol–water partition coefficient (Wildman–Crippen LogP) is 1.91. The molecule has 19 heavy (non-hydrogen) atoms. The van der Waals surface area contributed by atoms with Crippen molar-refractivity contribution in [2.45, 2.75) is 24.7 Å². The van der Waals surface area contributed by atoms with Gasteiger partial charge in [-0.15, -0.1) is 0 Å². The van der Waals surface area contributed by atoms with Crippen LogP contribution in [0.25, 0.3) is 0 Å². The molecule has 0 amide bonds. The van der Waals surface area contributed by atoms with Gasteiger partial charge in [-0.1, -0.05) is 0 Å². The highest BCUT2D eigenvalue weighted by Gasteiger charge is 2.13. The number of carbonyl (C=O) groups excluding carboxylic acids is 1. The maximum absolute atomic E-state index is 11.9. The Labute approximate surface area is 126 Å². The number of ether oxygens (including phenoxy) is 1. The van der Waals surface area contributed by atoms with Crippen molar-refractivity contribution in [1.82, 2.24) is 4.72 Å². The van der Waals surface area contributed by atoms with Crippen LogP contribution in [0.3, 0.4) is 0 Å². The van der Waals surface area contributed by atoms with Crippen LogP contribution in [-0.2, 0) is 19.6 Å². The molecule has 1 rings (SSSR count). The molecule has 0 aromatic heterocycles. The van der Waals surface area contributed by atoms with Gasteiger partial charge in [-0.2, -0.15) is 0 Å². The van der Waals surface area contributed by atoms with Crippen molar-refractivity contribution in [2.75, 3.05) is 13.2 Å². The number of nitrogens with one attached hydrogen (secondary N) is 1. The van der Waals surface area contributed by atoms with Gasteiger partial charge in [-0.05, 0) is 60.2 Å². The molecule has 0 atom stereocenters. The molecule has 0 aliphatic carbocycles. The lowest BCUT2D eigenvalue weighted by Gasteiger charge is -2.06. The van der Waals surface area contributed by atoms with Crippen molar-refractivity contribution in [3.8, 4) is 0 Å². The smallest absolute Gasteiger partial charge is 0.305 e. The molecule has 1 aromatic carbocycles. The first-order chi connectivity index (χ1) is 8.95. The minimum atomic E-state index is -3.49. The van der Waals surface area contributed by atoms with E-state index in [0.717, 1.165) is 3.57 Å². The summed E-state index contributed by atoms with van der Waals surface area (Å²) >= 11 is 2.11. The topological polar surface area (TPSA) is 72.5 Å². The molecular weight excluding hydrogens is 381 g/mol. The van der Waals surface area contributed by atoms with E-state index in [9.17, 15) is 13.2 Å². The summed E-state index contributed by atoms with van der Waals surface area (Å²) in [6.07, 6.45) is 0.630. The first-order valence-electron chi connectivity index (χ1n) is 5.86. The van der Waals surface area contributed by atoms with Gasteiger partial charge in [0.1, 0.15) is 0 Å². The fourth-order valence-electron chi connectivity index (χ4n) is 1.37. The van der Waals surface area contributed by atoms with Crippen molar-refractivity contribution < 1.29 is 17.9 Å². The Morgan fingerprint density at radius 2 is 1.95 bits per heavy atom. The first kappa shape index (κ1) is 16.4. The molecule has 0 bridgehead atoms. The number of carbonyl (C=O) groups is 1. The summed E-state index contributed by atoms with van der Waals surface area (Å²) in [5, 5.41) is 0. The van der Waals surface area contributed by atoms with E-state index >= 15 is 0 Å². The number of hydrogen-bond acceptors (Lipinski definition) is 4. The molecule has 0 saturated heterocycles. The molecule has 0 unspecified atom stereocenters. The third-order valence-electron chi connectivity index (χ3n) is 2.28. The summed E-state index contributed by atoms with van der Waals surface area (Å²) < 4.78 is 31.9. The molecule has 1 N–H and O–H groups in total. The van der Waals surface area contributed by atoms with E-state index in [1.54, 1.807) is 31.2 Å². The Hall–Kier alpha value is -0.670. The highest BCUT2D eigenvalue weighted by atomic mass is 127. The lowest BCUT2D eigenvalue weighted by Crippen LogP contribution is -2.25. The number of sulfonamides is 1. The van der Waals surface area contributed by atoms with Crippen molar-refractivity contribution in [1.29, 1.82) is 0 Å². The molecule has 0 saturated carbocycles. The van der Waals surface area contributed by atoms with Crippen LogP contribution in [0, 0.1) is 3.57 Å². The summed E-state index contributed by atoms with van der Waals surface area (Å²) in [6.45, 7) is 2.29. The largest absolute Gasteiger partial charge is 0.466 e. The summed E-state index contributed by atoms with van der Waals surface area (Å²) in [7, 11) is -3.49. The Bertz CT molecular complexity index is 513. The molecule has 1 aromatic rings. The normalized spacial score (nSPS) is 11.3. The van der Waals surface area contributed by atoms with Gasteiger partial charge in [0, 0.05) is 16.5 Å². The predicted molar refractivity (Wildman–Crippen MR) is 80.2 cm³/mol. The third-order valence-corrected chi connectivity index (χ3v) is 4.48. The minimum absolute atomic E-state index is 0.211. The zero-order valence-corrected chi connectivity index (χ0v) is 13.5. The highest BCUT2D eigenvalue weighted by molar-refractivity contribution is 14.1. The fraction of sp³-hybridized carbons (Fsp3) is 0.417. The molecule has 7 heteroatoms. The Kier molecular flexibility index (Phi) is 6.73. The van der Waals surface area contributed by atoms with E-state index in [2.05, 4.69) is 27.3 Å². The SMILES string of the molecule is CCOC(=O)CCCNS(=O)(=O)c1ccc(I)cc1. The van der Waals surface area contributed by atoms with E-state index < -0.39 is 10.0 Å². The first-order valence-corrected chi connectivity index (χ1v) is 8.42. The Balaban J connectivity index is 2.43. The highest BCUT2D eigenvalue weighted by Crippen LogP contribution is 2.11. The molecular formula is C12H16INO4S. The average molecular weight is 397 g/mol. The summed E-state index contributed by atoms with van der Waals surface area (Å²) in [4.78, 5) is 11.3. The van der Waals surface area contributed by atoms with E-state index in [4.69, 9.17) is 4.74 Å². The van der Waals surface area contributed by atoms with Gasteiger partial charge in [-0.25, -0.2) is 13.1 Å². The summed E-state index contributed by atoms with van der Waals surface area (Å²) in [5.74, 6) is -0.309. The van der Waals surface area contributed by atoms with Gasteiger partial charge in [0.15, 0.2) is 0 Å². The van der Waals surface area contributed by atoms with E-state index in [-0.39, 0.29) is 23.8 Å². The Morgan fingerprint density at radius 3 is 2.53 bits per heavy atom. The van der Waals surface area contributed by atoms with Gasteiger partial charge in [0.25, 0.3) is 0 Å². The number of halogens is 1. The lowest BCUT2D eigenvalue weighted by molar-refractivity contribution is -0.143. The molecule has 0 aliphatic heterocycles. The minimum Gasteiger partial charge on any atom is -0.466 e. The van der Waals surface area contributed by atoms with Crippen LogP contribution in [-0.4, -0.2) is 27.5 Å². The summed E-state index contributed by atoms with van der Waals surface area (Å²) in [6, 6.07) is 6.56. The molecule has 0 aliphatic rings. The second-order valence-electron chi connectivity index (χ2n) is 3.76. The molecule has 5 nitrogen and oxygen atoms in total. The van der Waals surface area contributed by atoms with Crippen molar-refractivity contribution in [3.05, 3.63) is 27.8 Å². The summed E-state index contributed by atoms with van der Waals surface area (Å²) in [5.41, 5.74) is 0. The van der Waals surface area contributed by atoms with Crippen LogP contribution in [0.4, 0.5) is 0 Å².